The van der Waals surface area contributed by atoms with E-state index in [9.17, 15) is 14.7 Å². The van der Waals surface area contributed by atoms with Gasteiger partial charge in [-0.2, -0.15) is 0 Å². The summed E-state index contributed by atoms with van der Waals surface area (Å²) in [4.78, 5) is 34.3. The Morgan fingerprint density at radius 3 is 2.32 bits per heavy atom. The molecule has 0 bridgehead atoms. The van der Waals surface area contributed by atoms with E-state index in [4.69, 9.17) is 18.9 Å². The number of aliphatic hydroxyl groups is 1. The lowest BCUT2D eigenvalue weighted by Gasteiger charge is -2.46. The minimum Gasteiger partial charge on any atom is -0.463 e. The van der Waals surface area contributed by atoms with Gasteiger partial charge in [-0.15, -0.1) is 0 Å². The topological polar surface area (TPSA) is 101 Å². The second kappa shape index (κ2) is 16.6. The molecule has 2 aliphatic rings. The molecule has 10 nitrogen and oxygen atoms in total. The summed E-state index contributed by atoms with van der Waals surface area (Å²) in [5.41, 5.74) is -2.30. The van der Waals surface area contributed by atoms with Gasteiger partial charge in [0.1, 0.15) is 18.1 Å². The van der Waals surface area contributed by atoms with Crippen molar-refractivity contribution in [2.24, 2.45) is 23.2 Å². The number of Topliss-reactive ketones (excluding diaryl/α,β-unsaturated/α-hetero) is 1. The predicted octanol–water partition coefficient (Wildman–Crippen LogP) is 3.69. The molecule has 258 valence electrons. The molecule has 2 rings (SSSR count). The molecule has 0 radical (unpaired) electrons. The number of ketones is 1. The molecule has 9 atom stereocenters. The maximum absolute atomic E-state index is 14.2. The maximum Gasteiger partial charge on any atom is 0.319 e. The largest absolute Gasteiger partial charge is 0.463 e. The average Bonchev–Trinajstić information content (AvgIpc) is 2.93. The van der Waals surface area contributed by atoms with Gasteiger partial charge in [0.2, 0.25) is 0 Å². The van der Waals surface area contributed by atoms with Crippen molar-refractivity contribution < 1.29 is 33.6 Å². The molecule has 2 aliphatic heterocycles. The highest BCUT2D eigenvalue weighted by molar-refractivity contribution is 6.04. The van der Waals surface area contributed by atoms with E-state index in [0.29, 0.717) is 25.4 Å². The van der Waals surface area contributed by atoms with Gasteiger partial charge >= 0.3 is 5.97 Å². The Morgan fingerprint density at radius 1 is 1.11 bits per heavy atom. The van der Waals surface area contributed by atoms with Crippen LogP contribution in [0.15, 0.2) is 0 Å². The third-order valence-electron chi connectivity index (χ3n) is 10.0. The van der Waals surface area contributed by atoms with E-state index in [-0.39, 0.29) is 36.4 Å². The van der Waals surface area contributed by atoms with Gasteiger partial charge in [-0.05, 0) is 108 Å². The number of hydrogen-bond acceptors (Lipinski definition) is 10. The Kier molecular flexibility index (Phi) is 14.7. The number of carbonyl (C=O) groups excluding carboxylic acids is 2. The van der Waals surface area contributed by atoms with Crippen LogP contribution in [0.25, 0.3) is 0 Å². The smallest absolute Gasteiger partial charge is 0.319 e. The van der Waals surface area contributed by atoms with Gasteiger partial charge in [0, 0.05) is 44.1 Å². The normalized spacial score (nSPS) is 36.7. The summed E-state index contributed by atoms with van der Waals surface area (Å²) in [5, 5.41) is 11.4. The van der Waals surface area contributed by atoms with Gasteiger partial charge in [0.25, 0.3) is 0 Å². The molecule has 0 aromatic rings. The summed E-state index contributed by atoms with van der Waals surface area (Å²) in [6.07, 6.45) is 0.429. The molecule has 44 heavy (non-hydrogen) atoms. The fourth-order valence-corrected chi connectivity index (χ4v) is 6.99. The number of methoxy groups -OCH3 is 1. The van der Waals surface area contributed by atoms with Crippen LogP contribution in [0.4, 0.5) is 0 Å². The summed E-state index contributed by atoms with van der Waals surface area (Å²) >= 11 is 0. The predicted molar refractivity (Wildman–Crippen MR) is 173 cm³/mol. The van der Waals surface area contributed by atoms with Crippen LogP contribution >= 0.6 is 0 Å². The SMILES string of the molecule is CO[C@]1(C)C[C@@H](C)CN(C)[C@@H](CCCN(C)C(C)C)COC(=O)C(C)(C)C(=O)[C@H](C)[C@H]1O[C@@H]1O[C@H](C)C[C@H](CN(C)C)[C@H]1O. The van der Waals surface area contributed by atoms with Gasteiger partial charge in [-0.3, -0.25) is 14.5 Å². The molecule has 0 saturated carbocycles. The lowest BCUT2D eigenvalue weighted by molar-refractivity contribution is -0.297. The van der Waals surface area contributed by atoms with Crippen molar-refractivity contribution in [2.45, 2.75) is 123 Å². The quantitative estimate of drug-likeness (QED) is 0.285. The van der Waals surface area contributed by atoms with Gasteiger partial charge in [0.15, 0.2) is 12.1 Å². The number of likely N-dealkylation sites (N-methyl/N-ethyl adjacent to an activating group) is 1. The lowest BCUT2D eigenvalue weighted by atomic mass is 9.74. The number of aliphatic hydroxyl groups excluding tert-OH is 1. The minimum atomic E-state index is -1.40. The van der Waals surface area contributed by atoms with Crippen LogP contribution in [0.2, 0.25) is 0 Å². The number of esters is 1. The van der Waals surface area contributed by atoms with Crippen LogP contribution in [-0.2, 0) is 28.5 Å². The van der Waals surface area contributed by atoms with Crippen molar-refractivity contribution in [3.63, 3.8) is 0 Å². The second-order valence-corrected chi connectivity index (χ2v) is 15.1. The van der Waals surface area contributed by atoms with Crippen LogP contribution in [0.5, 0.6) is 0 Å². The first-order valence-electron chi connectivity index (χ1n) is 16.6. The van der Waals surface area contributed by atoms with Gasteiger partial charge in [-0.1, -0.05) is 13.8 Å². The number of nitrogens with zero attached hydrogens (tertiary/aromatic N) is 3. The van der Waals surface area contributed by atoms with Gasteiger partial charge in [0.05, 0.1) is 17.8 Å². The fraction of sp³-hybridized carbons (Fsp3) is 0.941. The summed E-state index contributed by atoms with van der Waals surface area (Å²) < 4.78 is 25.0. The molecule has 0 aromatic carbocycles. The van der Waals surface area contributed by atoms with E-state index in [1.165, 1.54) is 0 Å². The zero-order valence-corrected chi connectivity index (χ0v) is 30.1. The number of ether oxygens (including phenoxy) is 4. The third kappa shape index (κ3) is 10.2. The number of rotatable bonds is 10. The molecule has 2 saturated heterocycles. The Labute approximate surface area is 268 Å². The zero-order valence-electron chi connectivity index (χ0n) is 30.1. The molecule has 0 spiro atoms. The van der Waals surface area contributed by atoms with E-state index in [1.807, 2.05) is 27.9 Å². The van der Waals surface area contributed by atoms with Crippen LogP contribution < -0.4 is 0 Å². The third-order valence-corrected chi connectivity index (χ3v) is 10.0. The van der Waals surface area contributed by atoms with E-state index in [1.54, 1.807) is 27.9 Å². The Bertz CT molecular complexity index is 913. The summed E-state index contributed by atoms with van der Waals surface area (Å²) in [5.74, 6) is -1.44. The Hall–Kier alpha value is -1.14. The first kappa shape index (κ1) is 39.0. The Balaban J connectivity index is 2.44. The van der Waals surface area contributed by atoms with E-state index >= 15 is 0 Å². The molecule has 0 unspecified atom stereocenters. The highest BCUT2D eigenvalue weighted by atomic mass is 16.7. The highest BCUT2D eigenvalue weighted by Gasteiger charge is 2.51. The average molecular weight is 628 g/mol. The molecular weight excluding hydrogens is 562 g/mol. The van der Waals surface area contributed by atoms with E-state index in [2.05, 4.69) is 49.6 Å². The standard InChI is InChI=1S/C34H65N3O7/c1-22(2)36(11)16-14-15-27-21-42-32(40)33(6,7)29(39)25(5)30(34(8,41-13)18-23(3)19-37(27)12)44-31-28(38)26(20-35(9)10)17-24(4)43-31/h22-28,30-31,38H,14-21H2,1-13H3/t23-,24-,25+,26-,27+,28-,30-,31+,34-/m1/s1. The monoisotopic (exact) mass is 627 g/mol. The number of hydrogen-bond donors (Lipinski definition) is 1. The van der Waals surface area contributed by atoms with Crippen molar-refractivity contribution >= 4 is 11.8 Å². The minimum absolute atomic E-state index is 0.0211. The molecular formula is C34H65N3O7. The van der Waals surface area contributed by atoms with Gasteiger partial charge in [-0.25, -0.2) is 0 Å². The summed E-state index contributed by atoms with van der Waals surface area (Å²) in [6.45, 7) is 18.2. The number of carbonyl (C=O) groups is 2. The van der Waals surface area contributed by atoms with Crippen molar-refractivity contribution in [1.82, 2.24) is 14.7 Å². The molecule has 0 aliphatic carbocycles. The maximum atomic E-state index is 14.2. The molecule has 10 heteroatoms. The molecule has 1 N–H and O–H groups in total. The second-order valence-electron chi connectivity index (χ2n) is 15.1. The van der Waals surface area contributed by atoms with Crippen molar-refractivity contribution in [2.75, 3.05) is 61.5 Å². The number of cyclic esters (lactones) is 1. The molecule has 2 fully saturated rings. The summed E-state index contributed by atoms with van der Waals surface area (Å²) in [7, 11) is 9.81. The first-order chi connectivity index (χ1) is 20.3. The van der Waals surface area contributed by atoms with Crippen molar-refractivity contribution in [3.8, 4) is 0 Å². The van der Waals surface area contributed by atoms with E-state index in [0.717, 1.165) is 25.9 Å². The first-order valence-corrected chi connectivity index (χ1v) is 16.6. The molecule has 2 heterocycles. The van der Waals surface area contributed by atoms with Crippen LogP contribution in [0.1, 0.15) is 81.1 Å². The van der Waals surface area contributed by atoms with Crippen molar-refractivity contribution in [1.29, 1.82) is 0 Å². The molecule has 0 aromatic heterocycles. The zero-order chi connectivity index (χ0) is 33.6. The van der Waals surface area contributed by atoms with Crippen LogP contribution in [0, 0.1) is 23.2 Å². The fourth-order valence-electron chi connectivity index (χ4n) is 6.99. The van der Waals surface area contributed by atoms with Crippen LogP contribution in [-0.4, -0.2) is 135 Å². The highest BCUT2D eigenvalue weighted by Crippen LogP contribution is 2.38. The molecule has 0 amide bonds. The Morgan fingerprint density at radius 2 is 1.75 bits per heavy atom. The van der Waals surface area contributed by atoms with Crippen LogP contribution in [0.3, 0.4) is 0 Å². The van der Waals surface area contributed by atoms with Gasteiger partial charge < -0.3 is 33.9 Å². The summed E-state index contributed by atoms with van der Waals surface area (Å²) in [6, 6.07) is 0.483. The lowest BCUT2D eigenvalue weighted by Crippen LogP contribution is -2.57. The van der Waals surface area contributed by atoms with Crippen molar-refractivity contribution in [3.05, 3.63) is 0 Å². The van der Waals surface area contributed by atoms with E-state index < -0.39 is 41.4 Å².